The molecule has 2 heteroatoms. The monoisotopic (exact) mass is 362 g/mol. The van der Waals surface area contributed by atoms with Gasteiger partial charge in [0.05, 0.1) is 5.57 Å². The Hall–Kier alpha value is -2.35. The fourth-order valence-electron chi connectivity index (χ4n) is 4.19. The second-order valence-electron chi connectivity index (χ2n) is 9.20. The Labute approximate surface area is 162 Å². The van der Waals surface area contributed by atoms with Crippen LogP contribution in [0.1, 0.15) is 81.2 Å². The predicted molar refractivity (Wildman–Crippen MR) is 112 cm³/mol. The van der Waals surface area contributed by atoms with Crippen molar-refractivity contribution in [2.45, 2.75) is 64.2 Å². The molecule has 1 aliphatic rings. The molecule has 0 aromatic heterocycles. The second-order valence-corrected chi connectivity index (χ2v) is 9.20. The average molecular weight is 363 g/mol. The van der Waals surface area contributed by atoms with Gasteiger partial charge in [-0.25, -0.2) is 4.79 Å². The van der Waals surface area contributed by atoms with Gasteiger partial charge in [0.15, 0.2) is 0 Å². The number of aliphatic carboxylic acids is 1. The summed E-state index contributed by atoms with van der Waals surface area (Å²) in [5.41, 5.74) is 6.51. The van der Waals surface area contributed by atoms with Crippen LogP contribution in [0.5, 0.6) is 0 Å². The first kappa shape index (κ1) is 19.4. The normalized spacial score (nSPS) is 18.4. The van der Waals surface area contributed by atoms with Gasteiger partial charge in [-0.05, 0) is 51.5 Å². The third-order valence-electron chi connectivity index (χ3n) is 6.37. The molecule has 0 amide bonds. The number of carboxylic acids is 1. The molecule has 0 heterocycles. The standard InChI is InChI=1S/C25H30O2/c1-16(18-8-7-9-19(14-18)17(2)23(26)27)20-10-11-21-22(15-20)25(5,6)13-12-24(21,3)4/h7-11,14-16H,2,12-13H2,1,3-6H3,(H,26,27). The molecule has 27 heavy (non-hydrogen) atoms. The maximum Gasteiger partial charge on any atom is 0.335 e. The lowest BCUT2D eigenvalue weighted by Crippen LogP contribution is -2.34. The van der Waals surface area contributed by atoms with Crippen LogP contribution in [-0.4, -0.2) is 11.1 Å². The van der Waals surface area contributed by atoms with Crippen LogP contribution in [0.3, 0.4) is 0 Å². The fourth-order valence-corrected chi connectivity index (χ4v) is 4.19. The van der Waals surface area contributed by atoms with Crippen molar-refractivity contribution in [1.29, 1.82) is 0 Å². The lowest BCUT2D eigenvalue weighted by molar-refractivity contribution is -0.130. The summed E-state index contributed by atoms with van der Waals surface area (Å²) < 4.78 is 0. The first-order valence-corrected chi connectivity index (χ1v) is 9.70. The number of hydrogen-bond donors (Lipinski definition) is 1. The largest absolute Gasteiger partial charge is 0.478 e. The fraction of sp³-hybridized carbons (Fsp3) is 0.400. The van der Waals surface area contributed by atoms with E-state index in [-0.39, 0.29) is 22.3 Å². The average Bonchev–Trinajstić information content (AvgIpc) is 2.64. The summed E-state index contributed by atoms with van der Waals surface area (Å²) in [5.74, 6) is -0.782. The highest BCUT2D eigenvalue weighted by atomic mass is 16.4. The molecule has 2 nitrogen and oxygen atoms in total. The molecule has 1 atom stereocenters. The van der Waals surface area contributed by atoms with Crippen molar-refractivity contribution >= 4 is 11.5 Å². The van der Waals surface area contributed by atoms with E-state index in [1.165, 1.54) is 29.5 Å². The summed E-state index contributed by atoms with van der Waals surface area (Å²) in [6.45, 7) is 15.2. The number of rotatable bonds is 4. The van der Waals surface area contributed by atoms with Gasteiger partial charge in [0, 0.05) is 5.92 Å². The molecule has 1 unspecified atom stereocenters. The molecule has 142 valence electrons. The van der Waals surface area contributed by atoms with Crippen LogP contribution in [0.4, 0.5) is 0 Å². The third-order valence-corrected chi connectivity index (χ3v) is 6.37. The summed E-state index contributed by atoms with van der Waals surface area (Å²) in [5, 5.41) is 9.22. The van der Waals surface area contributed by atoms with E-state index in [2.05, 4.69) is 65.5 Å². The van der Waals surface area contributed by atoms with Crippen molar-refractivity contribution in [2.75, 3.05) is 0 Å². The zero-order valence-electron chi connectivity index (χ0n) is 17.1. The van der Waals surface area contributed by atoms with Crippen LogP contribution in [0.15, 0.2) is 49.0 Å². The zero-order valence-corrected chi connectivity index (χ0v) is 17.1. The van der Waals surface area contributed by atoms with Gasteiger partial charge in [0.2, 0.25) is 0 Å². The zero-order chi connectivity index (χ0) is 20.0. The van der Waals surface area contributed by atoms with E-state index in [4.69, 9.17) is 0 Å². The lowest BCUT2D eigenvalue weighted by Gasteiger charge is -2.42. The number of hydrogen-bond acceptors (Lipinski definition) is 1. The maximum atomic E-state index is 11.2. The molecule has 2 aromatic carbocycles. The molecule has 0 fully saturated rings. The van der Waals surface area contributed by atoms with E-state index in [0.717, 1.165) is 5.56 Å². The first-order chi connectivity index (χ1) is 12.5. The Kier molecular flexibility index (Phi) is 4.80. The Morgan fingerprint density at radius 1 is 0.963 bits per heavy atom. The van der Waals surface area contributed by atoms with Gasteiger partial charge in [0.1, 0.15) is 0 Å². The minimum absolute atomic E-state index is 0.136. The van der Waals surface area contributed by atoms with Crippen LogP contribution in [0, 0.1) is 0 Å². The molecule has 0 saturated heterocycles. The van der Waals surface area contributed by atoms with Crippen LogP contribution in [0.2, 0.25) is 0 Å². The van der Waals surface area contributed by atoms with Gasteiger partial charge in [0.25, 0.3) is 0 Å². The maximum absolute atomic E-state index is 11.2. The molecule has 0 spiro atoms. The molecule has 0 aliphatic heterocycles. The topological polar surface area (TPSA) is 37.3 Å². The van der Waals surface area contributed by atoms with Crippen LogP contribution >= 0.6 is 0 Å². The molecule has 0 radical (unpaired) electrons. The van der Waals surface area contributed by atoms with Crippen molar-refractivity contribution in [1.82, 2.24) is 0 Å². The van der Waals surface area contributed by atoms with Crippen molar-refractivity contribution in [3.05, 3.63) is 76.9 Å². The molecular formula is C25H30O2. The summed E-state index contributed by atoms with van der Waals surface area (Å²) in [6, 6.07) is 14.7. The first-order valence-electron chi connectivity index (χ1n) is 9.70. The van der Waals surface area contributed by atoms with Crippen molar-refractivity contribution in [3.8, 4) is 0 Å². The van der Waals surface area contributed by atoms with Gasteiger partial charge in [-0.3, -0.25) is 0 Å². The Morgan fingerprint density at radius 2 is 1.56 bits per heavy atom. The predicted octanol–water partition coefficient (Wildman–Crippen LogP) is 6.29. The quantitative estimate of drug-likeness (QED) is 0.649. The van der Waals surface area contributed by atoms with E-state index in [1.54, 1.807) is 0 Å². The smallest absolute Gasteiger partial charge is 0.335 e. The Balaban J connectivity index is 2.02. The van der Waals surface area contributed by atoms with E-state index >= 15 is 0 Å². The van der Waals surface area contributed by atoms with Crippen LogP contribution in [-0.2, 0) is 15.6 Å². The lowest BCUT2D eigenvalue weighted by atomic mass is 9.62. The number of benzene rings is 2. The Bertz CT molecular complexity index is 902. The van der Waals surface area contributed by atoms with Crippen molar-refractivity contribution in [2.24, 2.45) is 0 Å². The van der Waals surface area contributed by atoms with Gasteiger partial charge in [-0.1, -0.05) is 83.7 Å². The van der Waals surface area contributed by atoms with Gasteiger partial charge < -0.3 is 5.11 Å². The third kappa shape index (κ3) is 3.58. The minimum Gasteiger partial charge on any atom is -0.478 e. The van der Waals surface area contributed by atoms with Crippen LogP contribution < -0.4 is 0 Å². The molecule has 0 bridgehead atoms. The van der Waals surface area contributed by atoms with Gasteiger partial charge >= 0.3 is 5.97 Å². The highest BCUT2D eigenvalue weighted by Gasteiger charge is 2.37. The number of carboxylic acid groups (broad SMARTS) is 1. The molecule has 1 aliphatic carbocycles. The molecule has 2 aromatic rings. The SMILES string of the molecule is C=C(C(=O)O)c1cccc(C(C)c2ccc3c(c2)C(C)(C)CCC3(C)C)c1. The highest BCUT2D eigenvalue weighted by Crippen LogP contribution is 2.46. The number of carbonyl (C=O) groups is 1. The number of fused-ring (bicyclic) bond motifs is 1. The Morgan fingerprint density at radius 3 is 2.19 bits per heavy atom. The van der Waals surface area contributed by atoms with E-state index in [0.29, 0.717) is 5.56 Å². The van der Waals surface area contributed by atoms with Gasteiger partial charge in [-0.15, -0.1) is 0 Å². The minimum atomic E-state index is -0.974. The second kappa shape index (κ2) is 6.67. The van der Waals surface area contributed by atoms with E-state index in [1.807, 2.05) is 18.2 Å². The van der Waals surface area contributed by atoms with E-state index in [9.17, 15) is 9.90 Å². The molecule has 3 rings (SSSR count). The van der Waals surface area contributed by atoms with E-state index < -0.39 is 5.97 Å². The van der Waals surface area contributed by atoms with Gasteiger partial charge in [-0.2, -0.15) is 0 Å². The molecule has 0 saturated carbocycles. The molecule has 1 N–H and O–H groups in total. The van der Waals surface area contributed by atoms with Crippen LogP contribution in [0.25, 0.3) is 5.57 Å². The van der Waals surface area contributed by atoms with Crippen molar-refractivity contribution < 1.29 is 9.90 Å². The summed E-state index contributed by atoms with van der Waals surface area (Å²) >= 11 is 0. The molecular weight excluding hydrogens is 332 g/mol. The summed E-state index contributed by atoms with van der Waals surface area (Å²) in [6.07, 6.45) is 2.40. The summed E-state index contributed by atoms with van der Waals surface area (Å²) in [4.78, 5) is 11.2. The highest BCUT2D eigenvalue weighted by molar-refractivity contribution is 6.14. The van der Waals surface area contributed by atoms with Crippen molar-refractivity contribution in [3.63, 3.8) is 0 Å². The summed E-state index contributed by atoms with van der Waals surface area (Å²) in [7, 11) is 0.